The number of amides is 1. The molecule has 0 fully saturated rings. The number of rotatable bonds is 5. The number of hydrogen-bond acceptors (Lipinski definition) is 2. The van der Waals surface area contributed by atoms with Crippen LogP contribution in [0.2, 0.25) is 0 Å². The van der Waals surface area contributed by atoms with Gasteiger partial charge < -0.3 is 4.90 Å². The highest BCUT2D eigenvalue weighted by molar-refractivity contribution is 7.80. The predicted molar refractivity (Wildman–Crippen MR) is 79.1 cm³/mol. The van der Waals surface area contributed by atoms with Crippen molar-refractivity contribution < 1.29 is 4.79 Å². The lowest BCUT2D eigenvalue weighted by Crippen LogP contribution is -2.36. The number of benzene rings is 1. The van der Waals surface area contributed by atoms with Crippen molar-refractivity contribution in [2.75, 3.05) is 7.05 Å². The molecule has 0 bridgehead atoms. The molecule has 0 aliphatic carbocycles. The standard InChI is InChI=1S/C15H23NOS/c1-11(2)9-12(3)16(4)15(17)10-13-5-7-14(18)8-6-13/h5-8,11-12,18H,9-10H2,1-4H3. The van der Waals surface area contributed by atoms with Crippen LogP contribution >= 0.6 is 12.6 Å². The molecule has 0 spiro atoms. The molecule has 0 aromatic heterocycles. The second kappa shape index (κ2) is 6.83. The number of likely N-dealkylation sites (N-methyl/N-ethyl adjacent to an activating group) is 1. The van der Waals surface area contributed by atoms with Gasteiger partial charge >= 0.3 is 0 Å². The van der Waals surface area contributed by atoms with Gasteiger partial charge in [0.1, 0.15) is 0 Å². The van der Waals surface area contributed by atoms with Crippen molar-refractivity contribution in [3.05, 3.63) is 29.8 Å². The fourth-order valence-corrected chi connectivity index (χ4v) is 2.15. The lowest BCUT2D eigenvalue weighted by atomic mass is 10.0. The largest absolute Gasteiger partial charge is 0.343 e. The molecular weight excluding hydrogens is 242 g/mol. The lowest BCUT2D eigenvalue weighted by Gasteiger charge is -2.26. The minimum atomic E-state index is 0.176. The lowest BCUT2D eigenvalue weighted by molar-refractivity contribution is -0.131. The van der Waals surface area contributed by atoms with Gasteiger partial charge in [-0.15, -0.1) is 12.6 Å². The second-order valence-corrected chi connectivity index (χ2v) is 5.84. The maximum Gasteiger partial charge on any atom is 0.226 e. The molecule has 0 N–H and O–H groups in total. The summed E-state index contributed by atoms with van der Waals surface area (Å²) < 4.78 is 0. The van der Waals surface area contributed by atoms with E-state index in [1.807, 2.05) is 36.2 Å². The quantitative estimate of drug-likeness (QED) is 0.809. The molecule has 1 unspecified atom stereocenters. The summed E-state index contributed by atoms with van der Waals surface area (Å²) in [4.78, 5) is 14.9. The Morgan fingerprint density at radius 1 is 1.22 bits per heavy atom. The first-order valence-electron chi connectivity index (χ1n) is 6.43. The molecule has 0 radical (unpaired) electrons. The number of nitrogens with zero attached hydrogens (tertiary/aromatic N) is 1. The van der Waals surface area contributed by atoms with Crippen molar-refractivity contribution in [3.8, 4) is 0 Å². The van der Waals surface area contributed by atoms with Crippen LogP contribution in [0.3, 0.4) is 0 Å². The van der Waals surface area contributed by atoms with Crippen LogP contribution in [0.4, 0.5) is 0 Å². The predicted octanol–water partition coefficient (Wildman–Crippen LogP) is 3.41. The van der Waals surface area contributed by atoms with Crippen LogP contribution in [-0.4, -0.2) is 23.9 Å². The first-order valence-corrected chi connectivity index (χ1v) is 6.88. The summed E-state index contributed by atoms with van der Waals surface area (Å²) >= 11 is 4.24. The van der Waals surface area contributed by atoms with Gasteiger partial charge in [0, 0.05) is 18.0 Å². The van der Waals surface area contributed by atoms with E-state index in [1.165, 1.54) is 0 Å². The first-order chi connectivity index (χ1) is 8.40. The summed E-state index contributed by atoms with van der Waals surface area (Å²) in [5.41, 5.74) is 1.04. The van der Waals surface area contributed by atoms with E-state index in [1.54, 1.807) is 0 Å². The van der Waals surface area contributed by atoms with Gasteiger partial charge in [-0.05, 0) is 37.0 Å². The van der Waals surface area contributed by atoms with Gasteiger partial charge in [-0.1, -0.05) is 26.0 Å². The molecule has 1 atom stereocenters. The monoisotopic (exact) mass is 265 g/mol. The average molecular weight is 265 g/mol. The molecular formula is C15H23NOS. The molecule has 2 nitrogen and oxygen atoms in total. The van der Waals surface area contributed by atoms with E-state index in [2.05, 4.69) is 33.4 Å². The smallest absolute Gasteiger partial charge is 0.226 e. The fourth-order valence-electron chi connectivity index (χ4n) is 2.00. The molecule has 18 heavy (non-hydrogen) atoms. The Kier molecular flexibility index (Phi) is 5.73. The van der Waals surface area contributed by atoms with Crippen molar-refractivity contribution in [1.82, 2.24) is 4.90 Å². The molecule has 0 heterocycles. The van der Waals surface area contributed by atoms with Crippen LogP contribution in [0, 0.1) is 5.92 Å². The normalized spacial score (nSPS) is 12.6. The van der Waals surface area contributed by atoms with E-state index >= 15 is 0 Å². The molecule has 3 heteroatoms. The molecule has 1 aromatic carbocycles. The summed E-state index contributed by atoms with van der Waals surface area (Å²) in [5, 5.41) is 0. The van der Waals surface area contributed by atoms with Crippen LogP contribution in [-0.2, 0) is 11.2 Å². The van der Waals surface area contributed by atoms with Crippen molar-refractivity contribution in [2.45, 2.75) is 44.6 Å². The molecule has 1 rings (SSSR count). The third-order valence-electron chi connectivity index (χ3n) is 3.16. The SMILES string of the molecule is CC(C)CC(C)N(C)C(=O)Cc1ccc(S)cc1. The Bertz CT molecular complexity index is 386. The number of carbonyl (C=O) groups excluding carboxylic acids is 1. The highest BCUT2D eigenvalue weighted by Gasteiger charge is 2.16. The zero-order valence-corrected chi connectivity index (χ0v) is 12.6. The Labute approximate surface area is 116 Å². The van der Waals surface area contributed by atoms with Crippen LogP contribution in [0.5, 0.6) is 0 Å². The van der Waals surface area contributed by atoms with Crippen molar-refractivity contribution >= 4 is 18.5 Å². The summed E-state index contributed by atoms with van der Waals surface area (Å²) in [6.07, 6.45) is 1.50. The van der Waals surface area contributed by atoms with Gasteiger partial charge in [-0.3, -0.25) is 4.79 Å². The summed E-state index contributed by atoms with van der Waals surface area (Å²) in [6, 6.07) is 8.05. The highest BCUT2D eigenvalue weighted by Crippen LogP contribution is 2.13. The summed E-state index contributed by atoms with van der Waals surface area (Å²) in [7, 11) is 1.89. The van der Waals surface area contributed by atoms with Crippen molar-refractivity contribution in [1.29, 1.82) is 0 Å². The summed E-state index contributed by atoms with van der Waals surface area (Å²) in [5.74, 6) is 0.786. The zero-order valence-electron chi connectivity index (χ0n) is 11.7. The van der Waals surface area contributed by atoms with Crippen LogP contribution in [0.25, 0.3) is 0 Å². The summed E-state index contributed by atoms with van der Waals surface area (Å²) in [6.45, 7) is 6.47. The molecule has 0 aliphatic heterocycles. The number of hydrogen-bond donors (Lipinski definition) is 1. The minimum absolute atomic E-state index is 0.176. The third-order valence-corrected chi connectivity index (χ3v) is 3.46. The van der Waals surface area contributed by atoms with E-state index in [0.29, 0.717) is 18.4 Å². The van der Waals surface area contributed by atoms with Crippen LogP contribution < -0.4 is 0 Å². The molecule has 0 aliphatic rings. The van der Waals surface area contributed by atoms with Gasteiger partial charge in [0.05, 0.1) is 6.42 Å². The zero-order chi connectivity index (χ0) is 13.7. The number of carbonyl (C=O) groups is 1. The van der Waals surface area contributed by atoms with Gasteiger partial charge in [-0.2, -0.15) is 0 Å². The van der Waals surface area contributed by atoms with E-state index in [0.717, 1.165) is 16.9 Å². The molecule has 100 valence electrons. The second-order valence-electron chi connectivity index (χ2n) is 5.33. The Balaban J connectivity index is 2.56. The van der Waals surface area contributed by atoms with Crippen LogP contribution in [0.15, 0.2) is 29.2 Å². The maximum atomic E-state index is 12.1. The van der Waals surface area contributed by atoms with Gasteiger partial charge in [0.2, 0.25) is 5.91 Å². The van der Waals surface area contributed by atoms with E-state index in [-0.39, 0.29) is 5.91 Å². The van der Waals surface area contributed by atoms with Crippen molar-refractivity contribution in [3.63, 3.8) is 0 Å². The Morgan fingerprint density at radius 2 is 1.78 bits per heavy atom. The highest BCUT2D eigenvalue weighted by atomic mass is 32.1. The van der Waals surface area contributed by atoms with E-state index in [9.17, 15) is 4.79 Å². The molecule has 0 saturated carbocycles. The van der Waals surface area contributed by atoms with Crippen molar-refractivity contribution in [2.24, 2.45) is 5.92 Å². The minimum Gasteiger partial charge on any atom is -0.343 e. The Morgan fingerprint density at radius 3 is 2.28 bits per heavy atom. The molecule has 0 saturated heterocycles. The van der Waals surface area contributed by atoms with Crippen LogP contribution in [0.1, 0.15) is 32.8 Å². The number of thiol groups is 1. The van der Waals surface area contributed by atoms with Gasteiger partial charge in [-0.25, -0.2) is 0 Å². The first kappa shape index (κ1) is 15.1. The average Bonchev–Trinajstić information content (AvgIpc) is 2.30. The van der Waals surface area contributed by atoms with E-state index < -0.39 is 0 Å². The Hall–Kier alpha value is -0.960. The fraction of sp³-hybridized carbons (Fsp3) is 0.533. The molecule has 1 aromatic rings. The van der Waals surface area contributed by atoms with E-state index in [4.69, 9.17) is 0 Å². The van der Waals surface area contributed by atoms with Gasteiger partial charge in [0.15, 0.2) is 0 Å². The van der Waals surface area contributed by atoms with Gasteiger partial charge in [0.25, 0.3) is 0 Å². The maximum absolute atomic E-state index is 12.1. The third kappa shape index (κ3) is 4.73. The molecule has 1 amide bonds. The topological polar surface area (TPSA) is 20.3 Å².